The molecule has 1 unspecified atom stereocenters. The number of carbonyl (C=O) groups is 1. The quantitative estimate of drug-likeness (QED) is 0.620. The molecule has 1 aromatic heterocycles. The number of likely N-dealkylation sites (N-methyl/N-ethyl adjacent to an activating group) is 1. The molecule has 0 radical (unpaired) electrons. The van der Waals surface area contributed by atoms with E-state index in [4.69, 9.17) is 4.74 Å². The predicted molar refractivity (Wildman–Crippen MR) is 91.7 cm³/mol. The van der Waals surface area contributed by atoms with Gasteiger partial charge in [0, 0.05) is 18.2 Å². The van der Waals surface area contributed by atoms with Crippen LogP contribution in [-0.4, -0.2) is 47.6 Å². The van der Waals surface area contributed by atoms with Gasteiger partial charge in [-0.3, -0.25) is 14.7 Å². The highest BCUT2D eigenvalue weighted by Crippen LogP contribution is 2.27. The maximum atomic E-state index is 13.6. The molecule has 1 heterocycles. The van der Waals surface area contributed by atoms with Gasteiger partial charge in [0.15, 0.2) is 11.6 Å². The van der Waals surface area contributed by atoms with Gasteiger partial charge in [-0.05, 0) is 39.1 Å². The molecule has 0 aliphatic heterocycles. The summed E-state index contributed by atoms with van der Waals surface area (Å²) in [5, 5.41) is 0. The first kappa shape index (κ1) is 20.6. The molecule has 1 aromatic carbocycles. The topological polar surface area (TPSA) is 64.6 Å². The molecule has 0 fully saturated rings. The van der Waals surface area contributed by atoms with Crippen molar-refractivity contribution in [2.75, 3.05) is 13.7 Å². The van der Waals surface area contributed by atoms with Gasteiger partial charge in [-0.15, -0.1) is 0 Å². The Balaban J connectivity index is 2.25. The van der Waals surface area contributed by atoms with Crippen LogP contribution in [0, 0.1) is 12.7 Å². The Morgan fingerprint density at radius 1 is 1.33 bits per heavy atom. The molecule has 0 saturated heterocycles. The monoisotopic (exact) mass is 383 g/mol. The molecule has 0 N–H and O–H groups in total. The Kier molecular flexibility index (Phi) is 7.12. The Bertz CT molecular complexity index is 790. The lowest BCUT2D eigenvalue weighted by atomic mass is 10.1. The minimum atomic E-state index is -3.13. The Labute approximate surface area is 154 Å². The number of hydrogen-bond donors (Lipinski definition) is 0. The maximum absolute atomic E-state index is 13.6. The lowest BCUT2D eigenvalue weighted by Crippen LogP contribution is -2.33. The van der Waals surface area contributed by atoms with Crippen molar-refractivity contribution in [3.63, 3.8) is 0 Å². The fraction of sp³-hybridized carbons (Fsp3) is 0.389. The van der Waals surface area contributed by atoms with Gasteiger partial charge in [0.1, 0.15) is 6.61 Å². The zero-order chi connectivity index (χ0) is 20.0. The molecule has 2 rings (SSSR count). The third-order valence-electron chi connectivity index (χ3n) is 4.05. The van der Waals surface area contributed by atoms with E-state index in [1.54, 1.807) is 6.92 Å². The van der Waals surface area contributed by atoms with Crippen molar-refractivity contribution in [1.29, 1.82) is 0 Å². The number of rotatable bonds is 9. The van der Waals surface area contributed by atoms with Crippen molar-refractivity contribution in [3.05, 3.63) is 41.6 Å². The highest BCUT2D eigenvalue weighted by Gasteiger charge is 2.16. The third kappa shape index (κ3) is 5.65. The van der Waals surface area contributed by atoms with Gasteiger partial charge in [-0.2, -0.15) is 8.78 Å². The molecule has 0 spiro atoms. The predicted octanol–water partition coefficient (Wildman–Crippen LogP) is 3.19. The van der Waals surface area contributed by atoms with Crippen LogP contribution in [0.1, 0.15) is 18.3 Å². The van der Waals surface area contributed by atoms with Crippen LogP contribution in [0.25, 0.3) is 11.3 Å². The Morgan fingerprint density at radius 2 is 2.07 bits per heavy atom. The molecule has 27 heavy (non-hydrogen) atoms. The second kappa shape index (κ2) is 9.31. The Morgan fingerprint density at radius 3 is 2.74 bits per heavy atom. The number of halogens is 3. The van der Waals surface area contributed by atoms with Crippen LogP contribution < -0.4 is 4.74 Å². The van der Waals surface area contributed by atoms with Gasteiger partial charge < -0.3 is 9.47 Å². The largest absolute Gasteiger partial charge is 0.466 e. The number of carbonyl (C=O) groups excluding carboxylic acids is 1. The number of aromatic nitrogens is 2. The van der Waals surface area contributed by atoms with Gasteiger partial charge in [-0.1, -0.05) is 0 Å². The Hall–Kier alpha value is -2.68. The fourth-order valence-corrected chi connectivity index (χ4v) is 2.32. The van der Waals surface area contributed by atoms with Crippen LogP contribution in [0.15, 0.2) is 24.4 Å². The molecule has 0 amide bonds. The van der Waals surface area contributed by atoms with Crippen molar-refractivity contribution < 1.29 is 27.4 Å². The standard InChI is InChI=1S/C18H20F3N3O3/c1-11(9-26-10-25)24(3)8-16-12(2)22-7-15(23-16)13-4-5-14(19)17(6-13)27-18(20)21/h4-7,10-11,18H,8-9H2,1-3H3. The van der Waals surface area contributed by atoms with Crippen molar-refractivity contribution in [1.82, 2.24) is 14.9 Å². The summed E-state index contributed by atoms with van der Waals surface area (Å²) in [6.45, 7) is 1.62. The number of alkyl halides is 2. The van der Waals surface area contributed by atoms with Crippen LogP contribution >= 0.6 is 0 Å². The molecule has 6 nitrogen and oxygen atoms in total. The number of aryl methyl sites for hydroxylation is 1. The summed E-state index contributed by atoms with van der Waals surface area (Å²) >= 11 is 0. The highest BCUT2D eigenvalue weighted by molar-refractivity contribution is 5.60. The van der Waals surface area contributed by atoms with Gasteiger partial charge in [-0.25, -0.2) is 9.37 Å². The van der Waals surface area contributed by atoms with Crippen molar-refractivity contribution in [3.8, 4) is 17.0 Å². The van der Waals surface area contributed by atoms with Gasteiger partial charge >= 0.3 is 6.61 Å². The number of nitrogens with zero attached hydrogens (tertiary/aromatic N) is 3. The zero-order valence-electron chi connectivity index (χ0n) is 15.2. The summed E-state index contributed by atoms with van der Waals surface area (Å²) in [5.74, 6) is -1.44. The SMILES string of the molecule is Cc1ncc(-c2ccc(F)c(OC(F)F)c2)nc1CN(C)C(C)COC=O. The smallest absolute Gasteiger partial charge is 0.387 e. The van der Waals surface area contributed by atoms with Crippen LogP contribution in [0.2, 0.25) is 0 Å². The minimum Gasteiger partial charge on any atom is -0.466 e. The van der Waals surface area contributed by atoms with Crippen molar-refractivity contribution in [2.24, 2.45) is 0 Å². The van der Waals surface area contributed by atoms with Gasteiger partial charge in [0.05, 0.1) is 23.3 Å². The zero-order valence-corrected chi connectivity index (χ0v) is 15.2. The normalized spacial score (nSPS) is 12.3. The van der Waals surface area contributed by atoms with Crippen LogP contribution in [0.3, 0.4) is 0 Å². The van der Waals surface area contributed by atoms with Gasteiger partial charge in [0.25, 0.3) is 6.47 Å². The summed E-state index contributed by atoms with van der Waals surface area (Å²) in [6, 6.07) is 3.58. The number of ether oxygens (including phenoxy) is 2. The second-order valence-corrected chi connectivity index (χ2v) is 6.00. The lowest BCUT2D eigenvalue weighted by molar-refractivity contribution is -0.130. The summed E-state index contributed by atoms with van der Waals surface area (Å²) in [5.41, 5.74) is 2.16. The average molecular weight is 383 g/mol. The third-order valence-corrected chi connectivity index (χ3v) is 4.05. The van der Waals surface area contributed by atoms with Crippen molar-refractivity contribution in [2.45, 2.75) is 33.0 Å². The van der Waals surface area contributed by atoms with Gasteiger partial charge in [0.2, 0.25) is 0 Å². The highest BCUT2D eigenvalue weighted by atomic mass is 19.3. The second-order valence-electron chi connectivity index (χ2n) is 6.00. The molecule has 0 aliphatic rings. The maximum Gasteiger partial charge on any atom is 0.387 e. The summed E-state index contributed by atoms with van der Waals surface area (Å²) in [7, 11) is 1.85. The summed E-state index contributed by atoms with van der Waals surface area (Å²) < 4.78 is 47.4. The van der Waals surface area contributed by atoms with E-state index >= 15 is 0 Å². The first-order valence-corrected chi connectivity index (χ1v) is 8.14. The van der Waals surface area contributed by atoms with E-state index in [9.17, 15) is 18.0 Å². The molecular weight excluding hydrogens is 363 g/mol. The summed E-state index contributed by atoms with van der Waals surface area (Å²) in [6.07, 6.45) is 1.48. The molecule has 0 bridgehead atoms. The lowest BCUT2D eigenvalue weighted by Gasteiger charge is -2.24. The van der Waals surface area contributed by atoms with E-state index in [0.717, 1.165) is 12.1 Å². The molecular formula is C18H20F3N3O3. The van der Waals surface area contributed by atoms with E-state index in [1.165, 1.54) is 12.3 Å². The van der Waals surface area contributed by atoms with Crippen LogP contribution in [0.4, 0.5) is 13.2 Å². The fourth-order valence-electron chi connectivity index (χ4n) is 2.32. The molecule has 0 saturated carbocycles. The van der Waals surface area contributed by atoms with Crippen LogP contribution in [-0.2, 0) is 16.1 Å². The molecule has 0 aliphatic carbocycles. The minimum absolute atomic E-state index is 0.0445. The molecule has 2 aromatic rings. The first-order chi connectivity index (χ1) is 12.8. The average Bonchev–Trinajstić information content (AvgIpc) is 2.63. The number of hydrogen-bond acceptors (Lipinski definition) is 6. The first-order valence-electron chi connectivity index (χ1n) is 8.14. The van der Waals surface area contributed by atoms with Crippen molar-refractivity contribution >= 4 is 6.47 Å². The van der Waals surface area contributed by atoms with Crippen LogP contribution in [0.5, 0.6) is 5.75 Å². The summed E-state index contributed by atoms with van der Waals surface area (Å²) in [4.78, 5) is 21.0. The van der Waals surface area contributed by atoms with E-state index < -0.39 is 18.2 Å². The van der Waals surface area contributed by atoms with E-state index in [-0.39, 0.29) is 12.6 Å². The molecule has 1 atom stereocenters. The molecule has 9 heteroatoms. The number of benzene rings is 1. The van der Waals surface area contributed by atoms with E-state index in [1.807, 2.05) is 18.9 Å². The van der Waals surface area contributed by atoms with E-state index in [0.29, 0.717) is 35.7 Å². The molecule has 146 valence electrons. The van der Waals surface area contributed by atoms with E-state index in [2.05, 4.69) is 14.7 Å².